The van der Waals surface area contributed by atoms with Gasteiger partial charge in [-0.05, 0) is 37.8 Å². The molecule has 2 aromatic heterocycles. The van der Waals surface area contributed by atoms with Crippen LogP contribution in [0.1, 0.15) is 35.9 Å². The largest absolute Gasteiger partial charge is 0.333 e. The van der Waals surface area contributed by atoms with Gasteiger partial charge in [0.1, 0.15) is 0 Å². The molecule has 2 N–H and O–H groups in total. The number of amides is 1. The molecule has 0 spiro atoms. The molecule has 7 heteroatoms. The summed E-state index contributed by atoms with van der Waals surface area (Å²) < 4.78 is 1.70. The first-order valence-corrected chi connectivity index (χ1v) is 9.37. The van der Waals surface area contributed by atoms with Crippen molar-refractivity contribution >= 4 is 16.8 Å². The number of fused-ring (bicyclic) bond motifs is 1. The average Bonchev–Trinajstić information content (AvgIpc) is 3.08. The number of hydrogen-bond acceptors (Lipinski definition) is 5. The summed E-state index contributed by atoms with van der Waals surface area (Å²) in [6.45, 7) is 5.26. The number of carbonyl (C=O) groups excluding carboxylic acids is 1. The van der Waals surface area contributed by atoms with Crippen LogP contribution in [0.3, 0.4) is 0 Å². The van der Waals surface area contributed by atoms with Gasteiger partial charge < -0.3 is 10.6 Å². The molecule has 7 nitrogen and oxygen atoms in total. The molecule has 1 aliphatic rings. The van der Waals surface area contributed by atoms with E-state index in [1.807, 2.05) is 42.2 Å². The highest BCUT2D eigenvalue weighted by Crippen LogP contribution is 2.25. The Morgan fingerprint density at radius 2 is 2.11 bits per heavy atom. The fourth-order valence-corrected chi connectivity index (χ4v) is 3.89. The van der Waals surface area contributed by atoms with E-state index in [-0.39, 0.29) is 11.9 Å². The smallest absolute Gasteiger partial charge is 0.276 e. The molecule has 2 unspecified atom stereocenters. The van der Waals surface area contributed by atoms with Crippen molar-refractivity contribution in [2.24, 2.45) is 11.7 Å². The summed E-state index contributed by atoms with van der Waals surface area (Å²) in [5.74, 6) is 0.496. The van der Waals surface area contributed by atoms with E-state index in [4.69, 9.17) is 5.73 Å². The van der Waals surface area contributed by atoms with Crippen LogP contribution in [0.5, 0.6) is 0 Å². The molecule has 0 aliphatic carbocycles. The number of pyridine rings is 1. The molecule has 3 heterocycles. The first kappa shape index (κ1) is 17.6. The lowest BCUT2D eigenvalue weighted by Crippen LogP contribution is -2.49. The number of benzene rings is 1. The summed E-state index contributed by atoms with van der Waals surface area (Å²) in [6, 6.07) is 9.87. The number of carbonyl (C=O) groups is 1. The van der Waals surface area contributed by atoms with Crippen molar-refractivity contribution in [2.75, 3.05) is 13.1 Å². The van der Waals surface area contributed by atoms with E-state index in [0.717, 1.165) is 29.4 Å². The van der Waals surface area contributed by atoms with Gasteiger partial charge in [0.15, 0.2) is 5.69 Å². The molecule has 0 bridgehead atoms. The number of piperidine rings is 1. The highest BCUT2D eigenvalue weighted by atomic mass is 16.2. The normalized spacial score (nSPS) is 20.2. The van der Waals surface area contributed by atoms with E-state index in [2.05, 4.69) is 22.2 Å². The van der Waals surface area contributed by atoms with Crippen molar-refractivity contribution in [3.63, 3.8) is 0 Å². The maximum atomic E-state index is 13.1. The van der Waals surface area contributed by atoms with Gasteiger partial charge in [0.2, 0.25) is 0 Å². The van der Waals surface area contributed by atoms with Crippen molar-refractivity contribution < 1.29 is 4.79 Å². The van der Waals surface area contributed by atoms with Crippen molar-refractivity contribution in [1.29, 1.82) is 0 Å². The Labute approximate surface area is 158 Å². The fraction of sp³-hybridized carbons (Fsp3) is 0.400. The van der Waals surface area contributed by atoms with Crippen LogP contribution in [0, 0.1) is 12.8 Å². The highest BCUT2D eigenvalue weighted by molar-refractivity contribution is 5.94. The van der Waals surface area contributed by atoms with Crippen molar-refractivity contribution in [2.45, 2.75) is 32.7 Å². The van der Waals surface area contributed by atoms with Crippen molar-refractivity contribution in [3.05, 3.63) is 47.9 Å². The van der Waals surface area contributed by atoms with Gasteiger partial charge in [-0.1, -0.05) is 30.3 Å². The predicted molar refractivity (Wildman–Crippen MR) is 104 cm³/mol. The van der Waals surface area contributed by atoms with Crippen LogP contribution >= 0.6 is 0 Å². The van der Waals surface area contributed by atoms with Crippen LogP contribution in [0.25, 0.3) is 16.6 Å². The summed E-state index contributed by atoms with van der Waals surface area (Å²) in [4.78, 5) is 19.5. The molecule has 1 fully saturated rings. The molecular weight excluding hydrogens is 340 g/mol. The lowest BCUT2D eigenvalue weighted by atomic mass is 9.92. The summed E-state index contributed by atoms with van der Waals surface area (Å²) in [7, 11) is 0. The second-order valence-corrected chi connectivity index (χ2v) is 7.31. The zero-order valence-electron chi connectivity index (χ0n) is 15.7. The Kier molecular flexibility index (Phi) is 4.61. The molecule has 1 aliphatic heterocycles. The number of aromatic nitrogens is 4. The Balaban J connectivity index is 1.71. The number of nitrogens with two attached hydrogens (primary N) is 1. The third-order valence-corrected chi connectivity index (χ3v) is 5.45. The highest BCUT2D eigenvalue weighted by Gasteiger charge is 2.32. The van der Waals surface area contributed by atoms with Gasteiger partial charge >= 0.3 is 0 Å². The van der Waals surface area contributed by atoms with E-state index in [1.165, 1.54) is 0 Å². The van der Waals surface area contributed by atoms with Gasteiger partial charge in [-0.25, -0.2) is 4.68 Å². The van der Waals surface area contributed by atoms with Crippen LogP contribution in [-0.4, -0.2) is 49.9 Å². The zero-order valence-corrected chi connectivity index (χ0v) is 15.7. The number of likely N-dealkylation sites (tertiary alicyclic amines) is 1. The summed E-state index contributed by atoms with van der Waals surface area (Å²) in [5, 5.41) is 9.50. The molecule has 1 aromatic carbocycles. The van der Waals surface area contributed by atoms with Crippen LogP contribution < -0.4 is 5.73 Å². The number of nitrogens with zero attached hydrogens (tertiary/aromatic N) is 5. The minimum Gasteiger partial charge on any atom is -0.333 e. The van der Waals surface area contributed by atoms with E-state index < -0.39 is 0 Å². The quantitative estimate of drug-likeness (QED) is 0.770. The molecule has 27 heavy (non-hydrogen) atoms. The summed E-state index contributed by atoms with van der Waals surface area (Å²) in [5.41, 5.74) is 8.68. The molecule has 0 radical (unpaired) electrons. The molecule has 140 valence electrons. The maximum Gasteiger partial charge on any atom is 0.276 e. The Morgan fingerprint density at radius 1 is 1.30 bits per heavy atom. The first-order valence-electron chi connectivity index (χ1n) is 9.37. The first-order chi connectivity index (χ1) is 13.1. The maximum absolute atomic E-state index is 13.1. The second-order valence-electron chi connectivity index (χ2n) is 7.31. The summed E-state index contributed by atoms with van der Waals surface area (Å²) in [6.07, 6.45) is 3.68. The molecule has 1 amide bonds. The van der Waals surface area contributed by atoms with Gasteiger partial charge in [-0.3, -0.25) is 9.78 Å². The van der Waals surface area contributed by atoms with Crippen LogP contribution in [0.15, 0.2) is 36.5 Å². The van der Waals surface area contributed by atoms with Gasteiger partial charge in [-0.15, -0.1) is 5.10 Å². The topological polar surface area (TPSA) is 89.9 Å². The van der Waals surface area contributed by atoms with Gasteiger partial charge in [0.05, 0.1) is 16.9 Å². The van der Waals surface area contributed by atoms with Gasteiger partial charge in [0, 0.05) is 30.7 Å². The van der Waals surface area contributed by atoms with Crippen molar-refractivity contribution in [3.8, 4) is 5.69 Å². The minimum absolute atomic E-state index is 0.0602. The van der Waals surface area contributed by atoms with Gasteiger partial charge in [0.25, 0.3) is 5.91 Å². The van der Waals surface area contributed by atoms with E-state index in [0.29, 0.717) is 30.4 Å². The van der Waals surface area contributed by atoms with E-state index in [1.54, 1.807) is 10.9 Å². The monoisotopic (exact) mass is 364 g/mol. The van der Waals surface area contributed by atoms with Crippen molar-refractivity contribution in [1.82, 2.24) is 24.9 Å². The average molecular weight is 364 g/mol. The Hall–Kier alpha value is -2.80. The second kappa shape index (κ2) is 7.08. The SMILES string of the molecule is Cc1c(C(=O)N2CCC(C)CC2CN)nnn1-c1cccc2cccnc12. The molecular formula is C20H24N6O. The zero-order chi connectivity index (χ0) is 19.0. The predicted octanol–water partition coefficient (Wildman–Crippen LogP) is 2.32. The Bertz CT molecular complexity index is 976. The molecule has 4 rings (SSSR count). The van der Waals surface area contributed by atoms with E-state index >= 15 is 0 Å². The van der Waals surface area contributed by atoms with Crippen LogP contribution in [-0.2, 0) is 0 Å². The fourth-order valence-electron chi connectivity index (χ4n) is 3.89. The summed E-state index contributed by atoms with van der Waals surface area (Å²) >= 11 is 0. The molecule has 1 saturated heterocycles. The molecule has 0 saturated carbocycles. The van der Waals surface area contributed by atoms with Crippen LogP contribution in [0.2, 0.25) is 0 Å². The number of rotatable bonds is 3. The minimum atomic E-state index is -0.0886. The Morgan fingerprint density at radius 3 is 2.93 bits per heavy atom. The molecule has 3 aromatic rings. The van der Waals surface area contributed by atoms with E-state index in [9.17, 15) is 4.79 Å². The van der Waals surface area contributed by atoms with Gasteiger partial charge in [-0.2, -0.15) is 0 Å². The van der Waals surface area contributed by atoms with Crippen LogP contribution in [0.4, 0.5) is 0 Å². The number of hydrogen-bond donors (Lipinski definition) is 1. The third-order valence-electron chi connectivity index (χ3n) is 5.45. The third kappa shape index (κ3) is 3.08. The lowest BCUT2D eigenvalue weighted by Gasteiger charge is -2.37. The lowest BCUT2D eigenvalue weighted by molar-refractivity contribution is 0.0566. The molecule has 2 atom stereocenters. The number of para-hydroxylation sites is 1. The standard InChI is InChI=1S/C20H24N6O/c1-13-8-10-25(16(11-13)12-21)20(27)18-14(2)26(24-23-18)17-7-3-5-15-6-4-9-22-19(15)17/h3-7,9,13,16H,8,10-12,21H2,1-2H3.